The van der Waals surface area contributed by atoms with Gasteiger partial charge in [-0.25, -0.2) is 9.97 Å². The molecule has 3 rings (SSSR count). The van der Waals surface area contributed by atoms with Gasteiger partial charge in [-0.1, -0.05) is 24.3 Å². The van der Waals surface area contributed by atoms with E-state index in [2.05, 4.69) is 21.4 Å². The second kappa shape index (κ2) is 7.78. The van der Waals surface area contributed by atoms with E-state index in [1.54, 1.807) is 11.0 Å². The number of nitrogens with zero attached hydrogens (tertiary/aromatic N) is 3. The molecule has 5 nitrogen and oxygen atoms in total. The molecule has 0 bridgehead atoms. The number of carbonyl (C=O) groups excluding carboxylic acids is 1. The maximum Gasteiger partial charge on any atom is 0.277 e. The van der Waals surface area contributed by atoms with Crippen LogP contribution < -0.4 is 10.2 Å². The first kappa shape index (κ1) is 17.6. The molecule has 0 spiro atoms. The Morgan fingerprint density at radius 2 is 1.69 bits per heavy atom. The number of para-hydroxylation sites is 1. The number of benzene rings is 2. The van der Waals surface area contributed by atoms with Gasteiger partial charge >= 0.3 is 0 Å². The van der Waals surface area contributed by atoms with Crippen LogP contribution in [0.2, 0.25) is 0 Å². The van der Waals surface area contributed by atoms with Crippen molar-refractivity contribution in [2.75, 3.05) is 16.8 Å². The smallest absolute Gasteiger partial charge is 0.277 e. The molecular formula is C21H22N4O. The summed E-state index contributed by atoms with van der Waals surface area (Å²) in [6.07, 6.45) is 1.41. The lowest BCUT2D eigenvalue weighted by Crippen LogP contribution is -2.31. The third-order valence-electron chi connectivity index (χ3n) is 4.01. The Morgan fingerprint density at radius 3 is 2.35 bits per heavy atom. The van der Waals surface area contributed by atoms with Gasteiger partial charge in [-0.3, -0.25) is 4.79 Å². The van der Waals surface area contributed by atoms with Gasteiger partial charge in [-0.15, -0.1) is 0 Å². The predicted octanol–water partition coefficient (Wildman–Crippen LogP) is 4.50. The van der Waals surface area contributed by atoms with Crippen molar-refractivity contribution < 1.29 is 4.79 Å². The average Bonchev–Trinajstić information content (AvgIpc) is 2.62. The molecule has 1 heterocycles. The molecule has 0 saturated heterocycles. The Bertz CT molecular complexity index is 889. The first-order chi connectivity index (χ1) is 12.6. The standard InChI is InChI=1S/C21H22N4O/c1-4-25(18-8-6-5-7-9-18)21(26)19-13-20(23-14-22-19)24-17-11-15(2)10-16(3)12-17/h5-14H,4H2,1-3H3,(H,22,23,24). The van der Waals surface area contributed by atoms with E-state index in [0.29, 0.717) is 18.1 Å². The Balaban J connectivity index is 1.85. The average molecular weight is 346 g/mol. The van der Waals surface area contributed by atoms with E-state index in [4.69, 9.17) is 0 Å². The van der Waals surface area contributed by atoms with Crippen LogP contribution in [0.5, 0.6) is 0 Å². The molecule has 1 N–H and O–H groups in total. The van der Waals surface area contributed by atoms with Crippen LogP contribution in [-0.2, 0) is 0 Å². The topological polar surface area (TPSA) is 58.1 Å². The summed E-state index contributed by atoms with van der Waals surface area (Å²) in [4.78, 5) is 23.0. The van der Waals surface area contributed by atoms with Crippen LogP contribution >= 0.6 is 0 Å². The predicted molar refractivity (Wildman–Crippen MR) is 105 cm³/mol. The second-order valence-corrected chi connectivity index (χ2v) is 6.17. The molecule has 0 aliphatic heterocycles. The fourth-order valence-electron chi connectivity index (χ4n) is 2.93. The zero-order valence-electron chi connectivity index (χ0n) is 15.2. The highest BCUT2D eigenvalue weighted by atomic mass is 16.2. The summed E-state index contributed by atoms with van der Waals surface area (Å²) in [6.45, 7) is 6.60. The maximum absolute atomic E-state index is 12.9. The molecule has 1 amide bonds. The SMILES string of the molecule is CCN(C(=O)c1cc(Nc2cc(C)cc(C)c2)ncn1)c1ccccc1. The molecule has 0 saturated carbocycles. The fourth-order valence-corrected chi connectivity index (χ4v) is 2.93. The van der Waals surface area contributed by atoms with Crippen molar-refractivity contribution in [3.8, 4) is 0 Å². The van der Waals surface area contributed by atoms with Crippen LogP contribution in [0, 0.1) is 13.8 Å². The molecule has 5 heteroatoms. The minimum Gasteiger partial charge on any atom is -0.340 e. The van der Waals surface area contributed by atoms with Crippen LogP contribution in [0.4, 0.5) is 17.2 Å². The van der Waals surface area contributed by atoms with Gasteiger partial charge in [0.1, 0.15) is 17.8 Å². The van der Waals surface area contributed by atoms with Crippen LogP contribution in [-0.4, -0.2) is 22.4 Å². The van der Waals surface area contributed by atoms with E-state index in [1.165, 1.54) is 17.5 Å². The van der Waals surface area contributed by atoms with Gasteiger partial charge in [0.05, 0.1) is 0 Å². The Morgan fingerprint density at radius 1 is 1.00 bits per heavy atom. The lowest BCUT2D eigenvalue weighted by atomic mass is 10.1. The molecule has 0 fully saturated rings. The molecule has 0 atom stereocenters. The molecule has 0 radical (unpaired) electrons. The van der Waals surface area contributed by atoms with Crippen LogP contribution in [0.15, 0.2) is 60.9 Å². The summed E-state index contributed by atoms with van der Waals surface area (Å²) < 4.78 is 0. The van der Waals surface area contributed by atoms with Crippen LogP contribution in [0.1, 0.15) is 28.5 Å². The van der Waals surface area contributed by atoms with Gasteiger partial charge < -0.3 is 10.2 Å². The lowest BCUT2D eigenvalue weighted by Gasteiger charge is -2.20. The Hall–Kier alpha value is -3.21. The molecular weight excluding hydrogens is 324 g/mol. The third kappa shape index (κ3) is 4.06. The Labute approximate surface area is 153 Å². The zero-order chi connectivity index (χ0) is 18.5. The molecule has 3 aromatic rings. The van der Waals surface area contributed by atoms with Crippen molar-refractivity contribution in [3.63, 3.8) is 0 Å². The molecule has 0 unspecified atom stereocenters. The van der Waals surface area contributed by atoms with Crippen molar-refractivity contribution in [2.45, 2.75) is 20.8 Å². The highest BCUT2D eigenvalue weighted by molar-refractivity contribution is 6.05. The minimum atomic E-state index is -0.149. The van der Waals surface area contributed by atoms with Crippen molar-refractivity contribution in [2.24, 2.45) is 0 Å². The van der Waals surface area contributed by atoms with Gasteiger partial charge in [-0.2, -0.15) is 0 Å². The number of aryl methyl sites for hydroxylation is 2. The van der Waals surface area contributed by atoms with E-state index in [1.807, 2.05) is 63.2 Å². The molecule has 0 aliphatic rings. The first-order valence-corrected chi connectivity index (χ1v) is 8.61. The van der Waals surface area contributed by atoms with E-state index in [0.717, 1.165) is 11.4 Å². The summed E-state index contributed by atoms with van der Waals surface area (Å²) in [5.74, 6) is 0.446. The number of carbonyl (C=O) groups is 1. The van der Waals surface area contributed by atoms with Crippen molar-refractivity contribution in [1.29, 1.82) is 0 Å². The summed E-state index contributed by atoms with van der Waals surface area (Å²) in [6, 6.07) is 17.5. The summed E-state index contributed by atoms with van der Waals surface area (Å²) >= 11 is 0. The van der Waals surface area contributed by atoms with Gasteiger partial charge in [0, 0.05) is 24.0 Å². The van der Waals surface area contributed by atoms with Crippen molar-refractivity contribution in [3.05, 3.63) is 77.7 Å². The summed E-state index contributed by atoms with van der Waals surface area (Å²) in [7, 11) is 0. The van der Waals surface area contributed by atoms with E-state index in [9.17, 15) is 4.79 Å². The van der Waals surface area contributed by atoms with E-state index >= 15 is 0 Å². The summed E-state index contributed by atoms with van der Waals surface area (Å²) in [5, 5.41) is 3.26. The van der Waals surface area contributed by atoms with E-state index in [-0.39, 0.29) is 5.91 Å². The van der Waals surface area contributed by atoms with Gasteiger partial charge in [-0.05, 0) is 56.2 Å². The van der Waals surface area contributed by atoms with Gasteiger partial charge in [0.2, 0.25) is 0 Å². The quantitative estimate of drug-likeness (QED) is 0.739. The summed E-state index contributed by atoms with van der Waals surface area (Å²) in [5.41, 5.74) is 4.48. The molecule has 0 aliphatic carbocycles. The third-order valence-corrected chi connectivity index (χ3v) is 4.01. The highest BCUT2D eigenvalue weighted by Crippen LogP contribution is 2.20. The number of amides is 1. The van der Waals surface area contributed by atoms with Crippen molar-refractivity contribution in [1.82, 2.24) is 9.97 Å². The zero-order valence-corrected chi connectivity index (χ0v) is 15.2. The number of aromatic nitrogens is 2. The van der Waals surface area contributed by atoms with Gasteiger partial charge in [0.15, 0.2) is 0 Å². The number of hydrogen-bond acceptors (Lipinski definition) is 4. The highest BCUT2D eigenvalue weighted by Gasteiger charge is 2.18. The van der Waals surface area contributed by atoms with Crippen LogP contribution in [0.25, 0.3) is 0 Å². The monoisotopic (exact) mass is 346 g/mol. The number of rotatable bonds is 5. The first-order valence-electron chi connectivity index (χ1n) is 8.61. The fraction of sp³-hybridized carbons (Fsp3) is 0.190. The molecule has 26 heavy (non-hydrogen) atoms. The van der Waals surface area contributed by atoms with Crippen LogP contribution in [0.3, 0.4) is 0 Å². The number of anilines is 3. The molecule has 2 aromatic carbocycles. The van der Waals surface area contributed by atoms with Crippen molar-refractivity contribution >= 4 is 23.1 Å². The maximum atomic E-state index is 12.9. The second-order valence-electron chi connectivity index (χ2n) is 6.17. The molecule has 1 aromatic heterocycles. The Kier molecular flexibility index (Phi) is 5.27. The molecule has 132 valence electrons. The number of nitrogens with one attached hydrogen (secondary N) is 1. The lowest BCUT2D eigenvalue weighted by molar-refractivity contribution is 0.0983. The van der Waals surface area contributed by atoms with E-state index < -0.39 is 0 Å². The van der Waals surface area contributed by atoms with Gasteiger partial charge in [0.25, 0.3) is 5.91 Å². The normalized spacial score (nSPS) is 10.4. The number of hydrogen-bond donors (Lipinski definition) is 1. The minimum absolute atomic E-state index is 0.149. The largest absolute Gasteiger partial charge is 0.340 e.